The van der Waals surface area contributed by atoms with Gasteiger partial charge >= 0.3 is 5.97 Å². The molecular formula is C14H19ClFNO6S2. The van der Waals surface area contributed by atoms with Crippen LogP contribution in [0.5, 0.6) is 0 Å². The summed E-state index contributed by atoms with van der Waals surface area (Å²) in [7, 11) is -5.41. The molecule has 0 fully saturated rings. The van der Waals surface area contributed by atoms with Crippen LogP contribution in [0.25, 0.3) is 0 Å². The number of benzene rings is 1. The maximum atomic E-state index is 13.8. The van der Waals surface area contributed by atoms with Crippen molar-refractivity contribution >= 4 is 44.0 Å². The fourth-order valence-electron chi connectivity index (χ4n) is 2.17. The second-order valence-corrected chi connectivity index (χ2v) is 8.75. The lowest BCUT2D eigenvalue weighted by atomic mass is 10.2. The van der Waals surface area contributed by atoms with Gasteiger partial charge in [-0.1, -0.05) is 18.5 Å². The maximum absolute atomic E-state index is 13.8. The first-order chi connectivity index (χ1) is 11.6. The van der Waals surface area contributed by atoms with Gasteiger partial charge in [-0.2, -0.15) is 0 Å². The number of nitrogens with zero attached hydrogens (tertiary/aromatic N) is 1. The van der Waals surface area contributed by atoms with Crippen molar-refractivity contribution in [3.8, 4) is 0 Å². The molecule has 0 atom stereocenters. The fraction of sp³-hybridized carbons (Fsp3) is 0.500. The van der Waals surface area contributed by atoms with E-state index in [1.54, 1.807) is 6.92 Å². The van der Waals surface area contributed by atoms with E-state index in [2.05, 4.69) is 4.74 Å². The third-order valence-electron chi connectivity index (χ3n) is 3.28. The molecule has 0 aliphatic heterocycles. The molecule has 0 aliphatic rings. The highest BCUT2D eigenvalue weighted by Gasteiger charge is 2.23. The highest BCUT2D eigenvalue weighted by molar-refractivity contribution is 7.91. The normalized spacial score (nSPS) is 11.6. The van der Waals surface area contributed by atoms with Crippen molar-refractivity contribution in [2.45, 2.75) is 19.8 Å². The Morgan fingerprint density at radius 2 is 1.96 bits per heavy atom. The fourth-order valence-corrected chi connectivity index (χ4v) is 4.60. The lowest BCUT2D eigenvalue weighted by Crippen LogP contribution is -2.26. The molecule has 0 aliphatic carbocycles. The average Bonchev–Trinajstić information content (AvgIpc) is 2.52. The van der Waals surface area contributed by atoms with Gasteiger partial charge in [0.05, 0.1) is 23.6 Å². The van der Waals surface area contributed by atoms with Gasteiger partial charge in [0.1, 0.15) is 21.2 Å². The first-order valence-electron chi connectivity index (χ1n) is 7.33. The number of hydrogen-bond acceptors (Lipinski definition) is 6. The van der Waals surface area contributed by atoms with Gasteiger partial charge in [0.25, 0.3) is 0 Å². The maximum Gasteiger partial charge on any atom is 0.342 e. The van der Waals surface area contributed by atoms with Gasteiger partial charge in [-0.3, -0.25) is 4.31 Å². The molecule has 1 aromatic carbocycles. The van der Waals surface area contributed by atoms with Crippen LogP contribution >= 0.6 is 11.6 Å². The molecule has 0 bridgehead atoms. The van der Waals surface area contributed by atoms with Crippen LogP contribution in [0.1, 0.15) is 30.1 Å². The summed E-state index contributed by atoms with van der Waals surface area (Å²) in [6, 6.07) is 2.00. The summed E-state index contributed by atoms with van der Waals surface area (Å²) in [6.07, 6.45) is 0.501. The van der Waals surface area contributed by atoms with Crippen LogP contribution < -0.4 is 4.31 Å². The molecule has 25 heavy (non-hydrogen) atoms. The quantitative estimate of drug-likeness (QED) is 0.488. The minimum absolute atomic E-state index is 0.0142. The number of thiol groups is 1. The van der Waals surface area contributed by atoms with Gasteiger partial charge in [-0.15, -0.1) is 0 Å². The van der Waals surface area contributed by atoms with E-state index < -0.39 is 43.1 Å². The van der Waals surface area contributed by atoms with Gasteiger partial charge in [-0.25, -0.2) is 26.0 Å². The number of sulfone groups is 1. The second kappa shape index (κ2) is 9.35. The lowest BCUT2D eigenvalue weighted by molar-refractivity contribution is 0.0595. The Bertz CT molecular complexity index is 802. The predicted molar refractivity (Wildman–Crippen MR) is 94.0 cm³/mol. The molecule has 1 aromatic rings. The van der Waals surface area contributed by atoms with Gasteiger partial charge in [-0.05, 0) is 25.0 Å². The minimum Gasteiger partial charge on any atom is -0.465 e. The van der Waals surface area contributed by atoms with E-state index in [-0.39, 0.29) is 30.2 Å². The Balaban J connectivity index is 3.10. The van der Waals surface area contributed by atoms with E-state index >= 15 is 0 Å². The molecule has 7 nitrogen and oxygen atoms in total. The number of ether oxygens (including phenoxy) is 1. The van der Waals surface area contributed by atoms with Crippen molar-refractivity contribution in [3.05, 3.63) is 28.5 Å². The molecular weight excluding hydrogens is 397 g/mol. The third kappa shape index (κ3) is 5.82. The highest BCUT2D eigenvalue weighted by Crippen LogP contribution is 2.32. The monoisotopic (exact) mass is 415 g/mol. The summed E-state index contributed by atoms with van der Waals surface area (Å²) in [5, 5.41) is -0.414. The van der Waals surface area contributed by atoms with Crippen molar-refractivity contribution in [3.63, 3.8) is 0 Å². The zero-order chi connectivity index (χ0) is 19.2. The van der Waals surface area contributed by atoms with E-state index in [1.165, 1.54) is 0 Å². The number of hydrogen-bond donors (Lipinski definition) is 1. The van der Waals surface area contributed by atoms with E-state index in [9.17, 15) is 26.0 Å². The van der Waals surface area contributed by atoms with E-state index in [0.29, 0.717) is 6.42 Å². The van der Waals surface area contributed by atoms with Gasteiger partial charge in [0.15, 0.2) is 0 Å². The number of carbonyl (C=O) groups excluding carboxylic acids is 1. The Morgan fingerprint density at radius 3 is 2.48 bits per heavy atom. The van der Waals surface area contributed by atoms with Crippen molar-refractivity contribution in [1.82, 2.24) is 0 Å². The zero-order valence-electron chi connectivity index (χ0n) is 13.7. The van der Waals surface area contributed by atoms with Gasteiger partial charge < -0.3 is 4.74 Å². The molecule has 0 amide bonds. The summed E-state index contributed by atoms with van der Waals surface area (Å²) in [4.78, 5) is 11.6. The van der Waals surface area contributed by atoms with Crippen LogP contribution in [-0.2, 0) is 25.5 Å². The molecule has 0 aromatic heterocycles. The second-order valence-electron chi connectivity index (χ2n) is 5.11. The Labute approximate surface area is 152 Å². The molecule has 0 N–H and O–H groups in total. The molecule has 0 heterocycles. The van der Waals surface area contributed by atoms with Crippen LogP contribution in [-0.4, -0.2) is 48.0 Å². The van der Waals surface area contributed by atoms with Crippen LogP contribution in [0.3, 0.4) is 0 Å². The number of rotatable bonds is 9. The molecule has 0 radical (unpaired) electrons. The Kier molecular flexibility index (Phi) is 8.10. The van der Waals surface area contributed by atoms with Crippen molar-refractivity contribution in [1.29, 1.82) is 0 Å². The number of halogens is 2. The summed E-state index contributed by atoms with van der Waals surface area (Å²) in [6.45, 7) is 1.55. The molecule has 0 saturated carbocycles. The molecule has 1 rings (SSSR count). The summed E-state index contributed by atoms with van der Waals surface area (Å²) in [5.74, 6) is -2.17. The van der Waals surface area contributed by atoms with Crippen LogP contribution in [0.2, 0.25) is 5.02 Å². The number of carbonyl (C=O) groups is 1. The van der Waals surface area contributed by atoms with Crippen LogP contribution in [0.15, 0.2) is 12.1 Å². The average molecular weight is 416 g/mol. The summed E-state index contributed by atoms with van der Waals surface area (Å²) < 4.78 is 65.5. The Hall–Kier alpha value is -1.39. The third-order valence-corrected chi connectivity index (χ3v) is 6.41. The molecule has 0 unspecified atom stereocenters. The molecule has 0 saturated heterocycles. The summed E-state index contributed by atoms with van der Waals surface area (Å²) in [5.41, 5.74) is -0.699. The van der Waals surface area contributed by atoms with Gasteiger partial charge in [0.2, 0.25) is 10.9 Å². The SMILES string of the molecule is CCCS(=O)(=O)CCCN(c1ccc(F)c(C(=O)OC)c1Cl)[SH](=O)=O. The first-order valence-corrected chi connectivity index (χ1v) is 10.7. The van der Waals surface area contributed by atoms with Crippen LogP contribution in [0.4, 0.5) is 10.1 Å². The predicted octanol–water partition coefficient (Wildman–Crippen LogP) is 1.81. The standard InChI is InChI=1S/C14H19ClFNO6S2/c1-3-8-25(21,22)9-4-7-17(24(19)20)11-6-5-10(16)12(13(11)15)14(18)23-2/h5-6,24H,3-4,7-9H2,1-2H3. The molecule has 142 valence electrons. The lowest BCUT2D eigenvalue weighted by Gasteiger charge is -2.20. The van der Waals surface area contributed by atoms with Gasteiger partial charge in [0, 0.05) is 12.3 Å². The van der Waals surface area contributed by atoms with Crippen molar-refractivity contribution in [2.75, 3.05) is 29.5 Å². The van der Waals surface area contributed by atoms with E-state index in [0.717, 1.165) is 23.5 Å². The highest BCUT2D eigenvalue weighted by atomic mass is 35.5. The first kappa shape index (κ1) is 21.7. The molecule has 11 heteroatoms. The summed E-state index contributed by atoms with van der Waals surface area (Å²) >= 11 is 5.98. The Morgan fingerprint density at radius 1 is 1.32 bits per heavy atom. The molecule has 0 spiro atoms. The van der Waals surface area contributed by atoms with Crippen molar-refractivity contribution < 1.29 is 30.8 Å². The minimum atomic E-state index is -3.27. The number of esters is 1. The van der Waals surface area contributed by atoms with E-state index in [4.69, 9.17) is 11.6 Å². The topological polar surface area (TPSA) is 97.8 Å². The smallest absolute Gasteiger partial charge is 0.342 e. The largest absolute Gasteiger partial charge is 0.465 e. The van der Waals surface area contributed by atoms with Crippen molar-refractivity contribution in [2.24, 2.45) is 0 Å². The number of methoxy groups -OCH3 is 1. The van der Waals surface area contributed by atoms with Crippen LogP contribution in [0, 0.1) is 5.82 Å². The zero-order valence-corrected chi connectivity index (χ0v) is 16.2. The van der Waals surface area contributed by atoms with E-state index in [1.807, 2.05) is 0 Å². The number of anilines is 1.